The lowest BCUT2D eigenvalue weighted by Gasteiger charge is -2.08. The second-order valence-corrected chi connectivity index (χ2v) is 6.71. The van der Waals surface area contributed by atoms with E-state index in [-0.39, 0.29) is 13.0 Å². The number of carbonyl (C=O) groups is 2. The summed E-state index contributed by atoms with van der Waals surface area (Å²) in [6, 6.07) is 18.9. The van der Waals surface area contributed by atoms with Crippen molar-refractivity contribution in [3.05, 3.63) is 84.8 Å². The minimum Gasteiger partial charge on any atom is -0.456 e. The molecule has 0 unspecified atom stereocenters. The van der Waals surface area contributed by atoms with E-state index in [2.05, 4.69) is 15.4 Å². The highest BCUT2D eigenvalue weighted by Crippen LogP contribution is 2.21. The van der Waals surface area contributed by atoms with E-state index < -0.39 is 11.9 Å². The molecule has 2 aromatic heterocycles. The van der Waals surface area contributed by atoms with Crippen molar-refractivity contribution in [2.45, 2.75) is 12.8 Å². The molecule has 1 amide bonds. The van der Waals surface area contributed by atoms with Gasteiger partial charge in [-0.3, -0.25) is 14.6 Å². The maximum Gasteiger partial charge on any atom is 0.306 e. The van der Waals surface area contributed by atoms with Gasteiger partial charge in [-0.2, -0.15) is 5.10 Å². The Morgan fingerprint density at radius 3 is 2.73 bits per heavy atom. The molecule has 0 spiro atoms. The van der Waals surface area contributed by atoms with Crippen molar-refractivity contribution >= 4 is 28.5 Å². The molecule has 0 bridgehead atoms. The van der Waals surface area contributed by atoms with Gasteiger partial charge in [0.15, 0.2) is 6.61 Å². The average Bonchev–Trinajstić information content (AvgIpc) is 3.26. The Morgan fingerprint density at radius 1 is 1.00 bits per heavy atom. The second kappa shape index (κ2) is 9.00. The minimum absolute atomic E-state index is 0.173. The molecule has 4 rings (SSSR count). The number of esters is 1. The number of hydrogen-bond acceptors (Lipinski definition) is 5. The van der Waals surface area contributed by atoms with E-state index in [1.165, 1.54) is 0 Å². The van der Waals surface area contributed by atoms with Gasteiger partial charge < -0.3 is 10.1 Å². The van der Waals surface area contributed by atoms with Crippen molar-refractivity contribution in [3.63, 3.8) is 0 Å². The van der Waals surface area contributed by atoms with Gasteiger partial charge in [0.2, 0.25) is 0 Å². The first-order chi connectivity index (χ1) is 14.7. The van der Waals surface area contributed by atoms with Crippen molar-refractivity contribution in [1.29, 1.82) is 0 Å². The van der Waals surface area contributed by atoms with E-state index in [0.717, 1.165) is 22.2 Å². The summed E-state index contributed by atoms with van der Waals surface area (Å²) in [5.74, 6) is -0.825. The van der Waals surface area contributed by atoms with Crippen LogP contribution in [0, 0.1) is 0 Å². The van der Waals surface area contributed by atoms with Gasteiger partial charge in [0.1, 0.15) is 0 Å². The topological polar surface area (TPSA) is 86.1 Å². The number of para-hydroxylation sites is 1. The molecule has 0 aliphatic rings. The molecule has 7 nitrogen and oxygen atoms in total. The van der Waals surface area contributed by atoms with Crippen LogP contribution in [0.25, 0.3) is 16.6 Å². The molecule has 2 heterocycles. The largest absolute Gasteiger partial charge is 0.456 e. The third-order valence-electron chi connectivity index (χ3n) is 4.56. The van der Waals surface area contributed by atoms with Crippen LogP contribution in [0.3, 0.4) is 0 Å². The number of rotatable bonds is 7. The Kier molecular flexibility index (Phi) is 5.80. The highest BCUT2D eigenvalue weighted by molar-refractivity contribution is 6.01. The van der Waals surface area contributed by atoms with E-state index in [1.807, 2.05) is 54.7 Å². The van der Waals surface area contributed by atoms with Crippen LogP contribution in [0.15, 0.2) is 79.3 Å². The van der Waals surface area contributed by atoms with Gasteiger partial charge in [-0.25, -0.2) is 4.68 Å². The molecular formula is C23H20N4O3. The third kappa shape index (κ3) is 4.70. The Bertz CT molecular complexity index is 1170. The number of pyridine rings is 1. The highest BCUT2D eigenvalue weighted by Gasteiger charge is 2.11. The van der Waals surface area contributed by atoms with Crippen molar-refractivity contribution in [2.24, 2.45) is 0 Å². The molecule has 0 saturated carbocycles. The van der Waals surface area contributed by atoms with Crippen molar-refractivity contribution < 1.29 is 14.3 Å². The summed E-state index contributed by atoms with van der Waals surface area (Å²) in [5.41, 5.74) is 3.29. The molecule has 0 saturated heterocycles. The van der Waals surface area contributed by atoms with E-state index in [4.69, 9.17) is 4.74 Å². The quantitative estimate of drug-likeness (QED) is 0.480. The summed E-state index contributed by atoms with van der Waals surface area (Å²) >= 11 is 0. The minimum atomic E-state index is -0.433. The normalized spacial score (nSPS) is 10.7. The smallest absolute Gasteiger partial charge is 0.306 e. The van der Waals surface area contributed by atoms with Crippen molar-refractivity contribution in [1.82, 2.24) is 14.8 Å². The molecule has 7 heteroatoms. The average molecular weight is 400 g/mol. The maximum absolute atomic E-state index is 12.2. The van der Waals surface area contributed by atoms with E-state index in [0.29, 0.717) is 12.1 Å². The lowest BCUT2D eigenvalue weighted by atomic mass is 10.2. The van der Waals surface area contributed by atoms with Gasteiger partial charge >= 0.3 is 5.97 Å². The van der Waals surface area contributed by atoms with Gasteiger partial charge in [0.25, 0.3) is 5.91 Å². The second-order valence-electron chi connectivity index (χ2n) is 6.71. The SMILES string of the molecule is O=C(COC(=O)CCc1cnn(-c2ccccc2)c1)Nc1cccc2ncccc12. The number of nitrogens with zero attached hydrogens (tertiary/aromatic N) is 3. The number of aryl methyl sites for hydroxylation is 1. The predicted molar refractivity (Wildman–Crippen MR) is 113 cm³/mol. The molecule has 0 aliphatic carbocycles. The van der Waals surface area contributed by atoms with E-state index in [9.17, 15) is 9.59 Å². The molecule has 2 aromatic carbocycles. The first-order valence-electron chi connectivity index (χ1n) is 9.57. The number of ether oxygens (including phenoxy) is 1. The van der Waals surface area contributed by atoms with Crippen molar-refractivity contribution in [2.75, 3.05) is 11.9 Å². The monoisotopic (exact) mass is 400 g/mol. The summed E-state index contributed by atoms with van der Waals surface area (Å²) < 4.78 is 6.86. The molecule has 150 valence electrons. The van der Waals surface area contributed by atoms with Crippen LogP contribution in [0.1, 0.15) is 12.0 Å². The van der Waals surface area contributed by atoms with Crippen LogP contribution in [0.2, 0.25) is 0 Å². The van der Waals surface area contributed by atoms with Gasteiger partial charge in [0, 0.05) is 24.2 Å². The van der Waals surface area contributed by atoms with Gasteiger partial charge in [-0.05, 0) is 48.4 Å². The Hall–Kier alpha value is -4.00. The molecule has 0 fully saturated rings. The Morgan fingerprint density at radius 2 is 1.87 bits per heavy atom. The zero-order chi connectivity index (χ0) is 20.8. The van der Waals surface area contributed by atoms with Crippen LogP contribution in [0.4, 0.5) is 5.69 Å². The first-order valence-corrected chi connectivity index (χ1v) is 9.57. The number of benzene rings is 2. The zero-order valence-corrected chi connectivity index (χ0v) is 16.2. The standard InChI is InChI=1S/C23H20N4O3/c28-22(26-21-10-4-9-20-19(21)8-5-13-24-20)16-30-23(29)12-11-17-14-25-27(15-17)18-6-2-1-3-7-18/h1-10,13-15H,11-12,16H2,(H,26,28). The molecule has 0 aliphatic heterocycles. The van der Waals surface area contributed by atoms with Crippen LogP contribution >= 0.6 is 0 Å². The van der Waals surface area contributed by atoms with Crippen LogP contribution in [0.5, 0.6) is 0 Å². The molecule has 30 heavy (non-hydrogen) atoms. The number of amides is 1. The Labute approximate surface area is 173 Å². The molecule has 0 radical (unpaired) electrons. The van der Waals surface area contributed by atoms with Crippen molar-refractivity contribution in [3.8, 4) is 5.69 Å². The summed E-state index contributed by atoms with van der Waals surface area (Å²) in [4.78, 5) is 28.5. The molecule has 4 aromatic rings. The van der Waals surface area contributed by atoms with E-state index in [1.54, 1.807) is 29.2 Å². The van der Waals surface area contributed by atoms with Gasteiger partial charge in [-0.15, -0.1) is 0 Å². The fourth-order valence-corrected chi connectivity index (χ4v) is 3.07. The predicted octanol–water partition coefficient (Wildman–Crippen LogP) is 3.54. The lowest BCUT2D eigenvalue weighted by molar-refractivity contribution is -0.147. The van der Waals surface area contributed by atoms with E-state index >= 15 is 0 Å². The van der Waals surface area contributed by atoms with Crippen LogP contribution in [-0.4, -0.2) is 33.2 Å². The number of nitrogens with one attached hydrogen (secondary N) is 1. The van der Waals surface area contributed by atoms with Gasteiger partial charge in [0.05, 0.1) is 23.1 Å². The Balaban J connectivity index is 1.26. The zero-order valence-electron chi connectivity index (χ0n) is 16.2. The summed E-state index contributed by atoms with van der Waals surface area (Å²) in [5, 5.41) is 7.90. The third-order valence-corrected chi connectivity index (χ3v) is 4.56. The molecular weight excluding hydrogens is 380 g/mol. The summed E-state index contributed by atoms with van der Waals surface area (Å²) in [6.07, 6.45) is 5.96. The maximum atomic E-state index is 12.2. The highest BCUT2D eigenvalue weighted by atomic mass is 16.5. The summed E-state index contributed by atoms with van der Waals surface area (Å²) in [6.45, 7) is -0.335. The number of carbonyl (C=O) groups excluding carboxylic acids is 2. The first kappa shape index (κ1) is 19.3. The fourth-order valence-electron chi connectivity index (χ4n) is 3.07. The number of aromatic nitrogens is 3. The summed E-state index contributed by atoms with van der Waals surface area (Å²) in [7, 11) is 0. The van der Waals surface area contributed by atoms with Crippen LogP contribution in [-0.2, 0) is 20.7 Å². The number of anilines is 1. The molecule has 0 atom stereocenters. The lowest BCUT2D eigenvalue weighted by Crippen LogP contribution is -2.21. The molecule has 1 N–H and O–H groups in total. The number of hydrogen-bond donors (Lipinski definition) is 1. The van der Waals surface area contributed by atoms with Crippen LogP contribution < -0.4 is 5.32 Å². The fraction of sp³-hybridized carbons (Fsp3) is 0.130. The van der Waals surface area contributed by atoms with Gasteiger partial charge in [-0.1, -0.05) is 24.3 Å². The number of fused-ring (bicyclic) bond motifs is 1.